The number of hydrogen-bond acceptors (Lipinski definition) is 7. The molecule has 212 valence electrons. The maximum absolute atomic E-state index is 12.1. The summed E-state index contributed by atoms with van der Waals surface area (Å²) in [5, 5.41) is 9.22. The average molecular weight is 551 g/mol. The first-order valence-electron chi connectivity index (χ1n) is 14.0. The number of amides is 5. The quantitative estimate of drug-likeness (QED) is 0.0808. The highest BCUT2D eigenvalue weighted by molar-refractivity contribution is 8.00. The summed E-state index contributed by atoms with van der Waals surface area (Å²) in [7, 11) is 0. The van der Waals surface area contributed by atoms with Crippen LogP contribution in [0.25, 0.3) is 0 Å². The van der Waals surface area contributed by atoms with Crippen molar-refractivity contribution in [2.75, 3.05) is 18.8 Å². The van der Waals surface area contributed by atoms with Crippen LogP contribution in [0.1, 0.15) is 64.2 Å². The number of hydrogen-bond donors (Lipinski definition) is 6. The Morgan fingerprint density at radius 1 is 0.974 bits per heavy atom. The fourth-order valence-corrected chi connectivity index (χ4v) is 7.62. The Hall–Kier alpha value is -2.31. The number of ether oxygens (including phenoxy) is 1. The van der Waals surface area contributed by atoms with Crippen LogP contribution in [0.4, 0.5) is 4.79 Å². The number of carbonyl (C=O) groups is 4. The van der Waals surface area contributed by atoms with Crippen LogP contribution in [-0.4, -0.2) is 72.1 Å². The number of nitrogens with one attached hydrogen (secondary N) is 5. The van der Waals surface area contributed by atoms with E-state index < -0.39 is 0 Å². The molecule has 2 bridgehead atoms. The molecule has 0 radical (unpaired) electrons. The zero-order chi connectivity index (χ0) is 26.9. The van der Waals surface area contributed by atoms with Gasteiger partial charge in [0.2, 0.25) is 17.7 Å². The molecule has 4 aliphatic rings. The van der Waals surface area contributed by atoms with Crippen LogP contribution in [0.15, 0.2) is 12.2 Å². The number of rotatable bonds is 14. The minimum Gasteiger partial charge on any atom is -0.374 e. The van der Waals surface area contributed by atoms with Gasteiger partial charge in [-0.15, -0.1) is 0 Å². The van der Waals surface area contributed by atoms with Crippen molar-refractivity contribution in [3.05, 3.63) is 12.2 Å². The van der Waals surface area contributed by atoms with Gasteiger partial charge in [0, 0.05) is 36.3 Å². The van der Waals surface area contributed by atoms with Crippen LogP contribution >= 0.6 is 11.8 Å². The van der Waals surface area contributed by atoms with Crippen molar-refractivity contribution in [1.82, 2.24) is 26.8 Å². The third kappa shape index (κ3) is 7.86. The van der Waals surface area contributed by atoms with Gasteiger partial charge in [-0.25, -0.2) is 4.79 Å². The van der Waals surface area contributed by atoms with Crippen molar-refractivity contribution in [2.24, 2.45) is 17.6 Å². The van der Waals surface area contributed by atoms with Gasteiger partial charge in [-0.3, -0.25) is 25.2 Å². The lowest BCUT2D eigenvalue weighted by Crippen LogP contribution is -2.41. The van der Waals surface area contributed by atoms with Gasteiger partial charge in [0.15, 0.2) is 0 Å². The van der Waals surface area contributed by atoms with Crippen molar-refractivity contribution in [3.8, 4) is 0 Å². The molecular weight excluding hydrogens is 508 g/mol. The Morgan fingerprint density at radius 3 is 2.47 bits per heavy atom. The minimum atomic E-state index is -0.193. The van der Waals surface area contributed by atoms with Crippen LogP contribution < -0.4 is 32.5 Å². The zero-order valence-corrected chi connectivity index (χ0v) is 22.7. The molecule has 7 N–H and O–H groups in total. The summed E-state index contributed by atoms with van der Waals surface area (Å²) in [4.78, 5) is 47.1. The van der Waals surface area contributed by atoms with E-state index in [1.165, 1.54) is 0 Å². The van der Waals surface area contributed by atoms with Gasteiger partial charge in [-0.05, 0) is 50.9 Å². The largest absolute Gasteiger partial charge is 0.374 e. The molecule has 11 nitrogen and oxygen atoms in total. The molecule has 38 heavy (non-hydrogen) atoms. The number of unbranched alkanes of at least 4 members (excludes halogenated alkanes) is 2. The summed E-state index contributed by atoms with van der Waals surface area (Å²) in [6, 6.07) is 0.329. The first kappa shape index (κ1) is 28.7. The third-order valence-corrected chi connectivity index (χ3v) is 9.59. The Balaban J connectivity index is 1.01. The molecule has 0 aromatic heterocycles. The highest BCUT2D eigenvalue weighted by Crippen LogP contribution is 2.44. The van der Waals surface area contributed by atoms with Gasteiger partial charge in [0.05, 0.1) is 30.8 Å². The second kappa shape index (κ2) is 14.2. The van der Waals surface area contributed by atoms with Gasteiger partial charge in [0.25, 0.3) is 0 Å². The van der Waals surface area contributed by atoms with Gasteiger partial charge in [-0.2, -0.15) is 11.8 Å². The number of thioether (sulfide) groups is 1. The van der Waals surface area contributed by atoms with E-state index in [4.69, 9.17) is 10.5 Å². The molecule has 4 rings (SSSR count). The van der Waals surface area contributed by atoms with E-state index in [9.17, 15) is 19.2 Å². The predicted octanol–water partition coefficient (Wildman–Crippen LogP) is 0.845. The zero-order valence-electron chi connectivity index (χ0n) is 21.9. The lowest BCUT2D eigenvalue weighted by Gasteiger charge is -2.27. The smallest absolute Gasteiger partial charge is 0.315 e. The van der Waals surface area contributed by atoms with Crippen molar-refractivity contribution >= 4 is 35.5 Å². The van der Waals surface area contributed by atoms with E-state index in [-0.39, 0.29) is 54.6 Å². The number of allylic oxidation sites excluding steroid dienone is 2. The van der Waals surface area contributed by atoms with Gasteiger partial charge in [0.1, 0.15) is 0 Å². The Bertz CT molecular complexity index is 888. The van der Waals surface area contributed by atoms with Crippen LogP contribution in [0.3, 0.4) is 0 Å². The Morgan fingerprint density at radius 2 is 1.71 bits per heavy atom. The molecule has 4 aliphatic heterocycles. The van der Waals surface area contributed by atoms with Crippen LogP contribution in [0.5, 0.6) is 0 Å². The van der Waals surface area contributed by atoms with Gasteiger partial charge in [-0.1, -0.05) is 18.6 Å². The van der Waals surface area contributed by atoms with Crippen LogP contribution in [-0.2, 0) is 19.1 Å². The van der Waals surface area contributed by atoms with Crippen molar-refractivity contribution in [1.29, 1.82) is 0 Å². The topological polar surface area (TPSA) is 164 Å². The number of carbonyl (C=O) groups excluding carboxylic acids is 4. The fourth-order valence-electron chi connectivity index (χ4n) is 6.07. The average Bonchev–Trinajstić information content (AvgIpc) is 3.68. The van der Waals surface area contributed by atoms with Crippen LogP contribution in [0.2, 0.25) is 0 Å². The van der Waals surface area contributed by atoms with Crippen LogP contribution in [0, 0.1) is 11.8 Å². The summed E-state index contributed by atoms with van der Waals surface area (Å²) >= 11 is 1.87. The maximum Gasteiger partial charge on any atom is 0.315 e. The summed E-state index contributed by atoms with van der Waals surface area (Å²) < 4.78 is 6.07. The molecular formula is C26H42N6O5S. The molecule has 0 saturated carbocycles. The lowest BCUT2D eigenvalue weighted by atomic mass is 9.77. The van der Waals surface area contributed by atoms with E-state index in [2.05, 4.69) is 39.0 Å². The molecule has 0 unspecified atom stereocenters. The SMILES string of the molecule is NCC(=O)NC[C@H]1[C@@H](C/C=C\CCCC(=O)NNC(=O)CCCC[C@H]2SC[C@H]3NC(=O)N[C@H]32)[C@@H]2CC[C@H]1O2. The number of urea groups is 1. The minimum absolute atomic E-state index is 0.00499. The monoisotopic (exact) mass is 550 g/mol. The molecule has 0 aromatic rings. The molecule has 12 heteroatoms. The third-order valence-electron chi connectivity index (χ3n) is 8.08. The first-order chi connectivity index (χ1) is 18.4. The summed E-state index contributed by atoms with van der Waals surface area (Å²) in [6.45, 7) is 0.616. The van der Waals surface area contributed by atoms with E-state index >= 15 is 0 Å². The predicted molar refractivity (Wildman–Crippen MR) is 145 cm³/mol. The molecule has 0 spiro atoms. The highest BCUT2D eigenvalue weighted by atomic mass is 32.2. The molecule has 0 aromatic carbocycles. The highest BCUT2D eigenvalue weighted by Gasteiger charge is 2.48. The normalized spacial score (nSPS) is 31.2. The summed E-state index contributed by atoms with van der Waals surface area (Å²) in [5.41, 5.74) is 10.4. The molecule has 0 aliphatic carbocycles. The molecule has 5 amide bonds. The number of fused-ring (bicyclic) bond motifs is 3. The molecule has 4 heterocycles. The van der Waals surface area contributed by atoms with Gasteiger partial charge >= 0.3 is 6.03 Å². The summed E-state index contributed by atoms with van der Waals surface area (Å²) in [5.74, 6) is 1.15. The van der Waals surface area contributed by atoms with Crippen molar-refractivity contribution < 1.29 is 23.9 Å². The maximum atomic E-state index is 12.1. The van der Waals surface area contributed by atoms with E-state index in [0.717, 1.165) is 50.7 Å². The molecule has 4 fully saturated rings. The number of nitrogens with two attached hydrogens (primary N) is 1. The molecule has 4 saturated heterocycles. The van der Waals surface area contributed by atoms with Crippen molar-refractivity contribution in [3.63, 3.8) is 0 Å². The standard InChI is InChI=1S/C26H42N6O5S/c27-13-24(35)28-14-17-16(19-11-12-20(17)37-19)7-3-1-2-4-9-22(33)31-32-23(34)10-6-5-8-21-25-18(15-38-21)29-26(36)30-25/h1,3,16-21,25H,2,4-15,27H2,(H,28,35)(H,31,33)(H,32,34)(H2,29,30,36)/b3-1-/t16-,17+,18-,19+,20-,21-,25-/m1/s1. The second-order valence-electron chi connectivity index (χ2n) is 10.7. The lowest BCUT2D eigenvalue weighted by molar-refractivity contribution is -0.129. The van der Waals surface area contributed by atoms with E-state index in [1.54, 1.807) is 0 Å². The summed E-state index contributed by atoms with van der Waals surface area (Å²) in [6.07, 6.45) is 12.6. The Labute approximate surface area is 228 Å². The first-order valence-corrected chi connectivity index (χ1v) is 15.0. The molecule has 7 atom stereocenters. The fraction of sp³-hybridized carbons (Fsp3) is 0.769. The van der Waals surface area contributed by atoms with Gasteiger partial charge < -0.3 is 26.4 Å². The van der Waals surface area contributed by atoms with E-state index in [1.807, 2.05) is 11.8 Å². The second-order valence-corrected chi connectivity index (χ2v) is 12.0. The van der Waals surface area contributed by atoms with Crippen molar-refractivity contribution in [2.45, 2.75) is 93.7 Å². The van der Waals surface area contributed by atoms with E-state index in [0.29, 0.717) is 42.9 Å². The number of hydrazine groups is 1. The Kier molecular flexibility index (Phi) is 10.7.